The van der Waals surface area contributed by atoms with Gasteiger partial charge in [0.25, 0.3) is 0 Å². The number of nitrogens with one attached hydrogen (secondary N) is 2. The van der Waals surface area contributed by atoms with Crippen LogP contribution < -0.4 is 10.6 Å². The summed E-state index contributed by atoms with van der Waals surface area (Å²) in [4.78, 5) is 4.54. The first-order chi connectivity index (χ1) is 10.2. The van der Waals surface area contributed by atoms with E-state index in [1.807, 2.05) is 0 Å². The van der Waals surface area contributed by atoms with Crippen molar-refractivity contribution in [3.63, 3.8) is 0 Å². The average Bonchev–Trinajstić information content (AvgIpc) is 2.49. The van der Waals surface area contributed by atoms with Crippen LogP contribution in [0.3, 0.4) is 0 Å². The molecule has 124 valence electrons. The Hall–Kier alpha value is -0.810. The van der Waals surface area contributed by atoms with Crippen LogP contribution in [0.25, 0.3) is 0 Å². The Bertz CT molecular complexity index is 277. The van der Waals surface area contributed by atoms with Gasteiger partial charge in [0, 0.05) is 46.1 Å². The molecule has 0 aliphatic carbocycles. The molecule has 0 saturated carbocycles. The molecule has 0 spiro atoms. The molecular formula is C16H33N3O2. The van der Waals surface area contributed by atoms with Gasteiger partial charge in [-0.3, -0.25) is 4.99 Å². The van der Waals surface area contributed by atoms with Crippen molar-refractivity contribution < 1.29 is 9.47 Å². The van der Waals surface area contributed by atoms with Gasteiger partial charge in [-0.15, -0.1) is 0 Å². The third-order valence-electron chi connectivity index (χ3n) is 3.41. The second-order valence-corrected chi connectivity index (χ2v) is 6.02. The normalized spacial score (nSPS) is 17.2. The summed E-state index contributed by atoms with van der Waals surface area (Å²) in [6.45, 7) is 12.6. The molecule has 1 aliphatic heterocycles. The van der Waals surface area contributed by atoms with E-state index in [4.69, 9.17) is 9.47 Å². The molecular weight excluding hydrogens is 266 g/mol. The third-order valence-corrected chi connectivity index (χ3v) is 3.41. The fourth-order valence-electron chi connectivity index (χ4n) is 2.16. The van der Waals surface area contributed by atoms with Crippen molar-refractivity contribution in [3.8, 4) is 0 Å². The van der Waals surface area contributed by atoms with E-state index >= 15 is 0 Å². The molecule has 1 fully saturated rings. The maximum Gasteiger partial charge on any atom is 0.191 e. The van der Waals surface area contributed by atoms with Crippen molar-refractivity contribution in [2.75, 3.05) is 46.1 Å². The molecule has 0 radical (unpaired) electrons. The third kappa shape index (κ3) is 9.69. The summed E-state index contributed by atoms with van der Waals surface area (Å²) in [6.07, 6.45) is 3.30. The maximum absolute atomic E-state index is 5.76. The quantitative estimate of drug-likeness (QED) is 0.389. The number of rotatable bonds is 9. The summed E-state index contributed by atoms with van der Waals surface area (Å²) in [5.74, 6) is 2.19. The Morgan fingerprint density at radius 1 is 1.29 bits per heavy atom. The average molecular weight is 299 g/mol. The SMILES string of the molecule is CCNC(=NCC(C)C)NCCCOCC1CCOCC1. The van der Waals surface area contributed by atoms with Crippen LogP contribution in [0.4, 0.5) is 0 Å². The van der Waals surface area contributed by atoms with Crippen molar-refractivity contribution in [1.82, 2.24) is 10.6 Å². The largest absolute Gasteiger partial charge is 0.381 e. The fourth-order valence-corrected chi connectivity index (χ4v) is 2.16. The summed E-state index contributed by atoms with van der Waals surface area (Å²) in [7, 11) is 0. The van der Waals surface area contributed by atoms with Gasteiger partial charge in [0.1, 0.15) is 0 Å². The molecule has 5 nitrogen and oxygen atoms in total. The number of hydrogen-bond donors (Lipinski definition) is 2. The highest BCUT2D eigenvalue weighted by Gasteiger charge is 2.13. The Labute approximate surface area is 129 Å². The van der Waals surface area contributed by atoms with E-state index in [1.165, 1.54) is 0 Å². The van der Waals surface area contributed by atoms with Gasteiger partial charge in [-0.1, -0.05) is 13.8 Å². The highest BCUT2D eigenvalue weighted by atomic mass is 16.5. The molecule has 0 aromatic heterocycles. The molecule has 1 rings (SSSR count). The highest BCUT2D eigenvalue weighted by Crippen LogP contribution is 2.14. The van der Waals surface area contributed by atoms with Gasteiger partial charge >= 0.3 is 0 Å². The summed E-state index contributed by atoms with van der Waals surface area (Å²) >= 11 is 0. The Kier molecular flexibility index (Phi) is 10.3. The Morgan fingerprint density at radius 3 is 2.71 bits per heavy atom. The maximum atomic E-state index is 5.76. The lowest BCUT2D eigenvalue weighted by Crippen LogP contribution is -2.38. The van der Waals surface area contributed by atoms with Crippen LogP contribution >= 0.6 is 0 Å². The van der Waals surface area contributed by atoms with Crippen molar-refractivity contribution in [2.24, 2.45) is 16.8 Å². The van der Waals surface area contributed by atoms with Crippen molar-refractivity contribution in [3.05, 3.63) is 0 Å². The second-order valence-electron chi connectivity index (χ2n) is 6.02. The van der Waals surface area contributed by atoms with Crippen LogP contribution in [0.1, 0.15) is 40.0 Å². The lowest BCUT2D eigenvalue weighted by Gasteiger charge is -2.21. The van der Waals surface area contributed by atoms with Gasteiger partial charge in [0.2, 0.25) is 0 Å². The van der Waals surface area contributed by atoms with Gasteiger partial charge < -0.3 is 20.1 Å². The number of nitrogens with zero attached hydrogens (tertiary/aromatic N) is 1. The lowest BCUT2D eigenvalue weighted by molar-refractivity contribution is 0.0203. The molecule has 2 N–H and O–H groups in total. The van der Waals surface area contributed by atoms with E-state index in [0.29, 0.717) is 11.8 Å². The summed E-state index contributed by atoms with van der Waals surface area (Å²) in [6, 6.07) is 0. The summed E-state index contributed by atoms with van der Waals surface area (Å²) in [5, 5.41) is 6.62. The minimum atomic E-state index is 0.586. The van der Waals surface area contributed by atoms with Crippen molar-refractivity contribution >= 4 is 5.96 Å². The van der Waals surface area contributed by atoms with E-state index in [0.717, 1.165) is 71.3 Å². The van der Waals surface area contributed by atoms with Gasteiger partial charge in [-0.2, -0.15) is 0 Å². The Morgan fingerprint density at radius 2 is 2.05 bits per heavy atom. The highest BCUT2D eigenvalue weighted by molar-refractivity contribution is 5.79. The summed E-state index contributed by atoms with van der Waals surface area (Å²) < 4.78 is 11.1. The number of guanidine groups is 1. The first kappa shape index (κ1) is 18.2. The van der Waals surface area contributed by atoms with Gasteiger partial charge in [0.15, 0.2) is 5.96 Å². The van der Waals surface area contributed by atoms with Crippen LogP contribution in [-0.2, 0) is 9.47 Å². The van der Waals surface area contributed by atoms with Crippen molar-refractivity contribution in [2.45, 2.75) is 40.0 Å². The minimum Gasteiger partial charge on any atom is -0.381 e. The van der Waals surface area contributed by atoms with Crippen LogP contribution in [-0.4, -0.2) is 52.0 Å². The standard InChI is InChI=1S/C16H33N3O2/c1-4-17-16(19-12-14(2)3)18-8-5-9-21-13-15-6-10-20-11-7-15/h14-15H,4-13H2,1-3H3,(H2,17,18,19). The van der Waals surface area contributed by atoms with Crippen LogP contribution in [0.2, 0.25) is 0 Å². The molecule has 0 unspecified atom stereocenters. The smallest absolute Gasteiger partial charge is 0.191 e. The van der Waals surface area contributed by atoms with Gasteiger partial charge in [0.05, 0.1) is 0 Å². The van der Waals surface area contributed by atoms with Gasteiger partial charge in [-0.25, -0.2) is 0 Å². The molecule has 0 bridgehead atoms. The van der Waals surface area contributed by atoms with E-state index < -0.39 is 0 Å². The van der Waals surface area contributed by atoms with E-state index in [9.17, 15) is 0 Å². The molecule has 1 heterocycles. The monoisotopic (exact) mass is 299 g/mol. The van der Waals surface area contributed by atoms with Crippen LogP contribution in [0, 0.1) is 11.8 Å². The van der Waals surface area contributed by atoms with E-state index in [2.05, 4.69) is 36.4 Å². The number of ether oxygens (including phenoxy) is 2. The molecule has 0 atom stereocenters. The fraction of sp³-hybridized carbons (Fsp3) is 0.938. The molecule has 0 aromatic rings. The zero-order valence-electron chi connectivity index (χ0n) is 14.0. The zero-order valence-corrected chi connectivity index (χ0v) is 14.0. The van der Waals surface area contributed by atoms with Gasteiger partial charge in [-0.05, 0) is 38.0 Å². The predicted octanol–water partition coefficient (Wildman–Crippen LogP) is 2.03. The molecule has 1 aliphatic rings. The van der Waals surface area contributed by atoms with Crippen molar-refractivity contribution in [1.29, 1.82) is 0 Å². The molecule has 1 saturated heterocycles. The molecule has 5 heteroatoms. The predicted molar refractivity (Wildman–Crippen MR) is 87.8 cm³/mol. The van der Waals surface area contributed by atoms with Crippen LogP contribution in [0.15, 0.2) is 4.99 Å². The van der Waals surface area contributed by atoms with E-state index in [-0.39, 0.29) is 0 Å². The Balaban J connectivity index is 2.03. The first-order valence-electron chi connectivity index (χ1n) is 8.40. The lowest BCUT2D eigenvalue weighted by atomic mass is 10.0. The summed E-state index contributed by atoms with van der Waals surface area (Å²) in [5.41, 5.74) is 0. The zero-order chi connectivity index (χ0) is 15.3. The number of hydrogen-bond acceptors (Lipinski definition) is 3. The molecule has 0 amide bonds. The first-order valence-corrected chi connectivity index (χ1v) is 8.40. The molecule has 21 heavy (non-hydrogen) atoms. The number of aliphatic imine (C=N–C) groups is 1. The topological polar surface area (TPSA) is 54.9 Å². The van der Waals surface area contributed by atoms with E-state index in [1.54, 1.807) is 0 Å². The van der Waals surface area contributed by atoms with Crippen LogP contribution in [0.5, 0.6) is 0 Å². The minimum absolute atomic E-state index is 0.586. The molecule has 0 aromatic carbocycles. The second kappa shape index (κ2) is 11.8.